The fraction of sp³-hybridized carbons (Fsp3) is 0.273. The van der Waals surface area contributed by atoms with E-state index in [1.807, 2.05) is 24.3 Å². The second kappa shape index (κ2) is 5.89. The van der Waals surface area contributed by atoms with Gasteiger partial charge in [0, 0.05) is 15.8 Å². The zero-order valence-corrected chi connectivity index (χ0v) is 11.7. The lowest BCUT2D eigenvalue weighted by molar-refractivity contribution is 0.102. The van der Waals surface area contributed by atoms with Crippen molar-refractivity contribution in [2.75, 3.05) is 18.1 Å². The molecule has 1 aromatic rings. The summed E-state index contributed by atoms with van der Waals surface area (Å²) in [6, 6.07) is 7.49. The van der Waals surface area contributed by atoms with E-state index in [9.17, 15) is 4.79 Å². The van der Waals surface area contributed by atoms with Gasteiger partial charge in [-0.1, -0.05) is 51.6 Å². The summed E-state index contributed by atoms with van der Waals surface area (Å²) in [5, 5.41) is 0. The lowest BCUT2D eigenvalue weighted by Gasteiger charge is -2.01. The summed E-state index contributed by atoms with van der Waals surface area (Å²) < 4.78 is 1.99. The van der Waals surface area contributed by atoms with Crippen LogP contribution in [-0.4, -0.2) is 28.2 Å². The molecule has 2 nitrogen and oxygen atoms in total. The average molecular weight is 316 g/mol. The lowest BCUT2D eigenvalue weighted by atomic mass is 10.2. The summed E-state index contributed by atoms with van der Waals surface area (Å²) in [5.74, 6) is 1.68. The van der Waals surface area contributed by atoms with E-state index in [-0.39, 0.29) is 5.78 Å². The van der Waals surface area contributed by atoms with Gasteiger partial charge in [-0.3, -0.25) is 9.79 Å². The summed E-state index contributed by atoms with van der Waals surface area (Å²) in [6.07, 6.45) is 0. The van der Waals surface area contributed by atoms with Crippen LogP contribution in [0, 0.1) is 0 Å². The number of benzene rings is 1. The van der Waals surface area contributed by atoms with Gasteiger partial charge in [-0.25, -0.2) is 0 Å². The minimum Gasteiger partial charge on any atom is -0.293 e. The third-order valence-corrected chi connectivity index (χ3v) is 4.78. The normalized spacial score (nSPS) is 14.9. The minimum absolute atomic E-state index is 0.154. The van der Waals surface area contributed by atoms with Crippen LogP contribution in [0.25, 0.3) is 0 Å². The van der Waals surface area contributed by atoms with Gasteiger partial charge in [0.05, 0.1) is 12.3 Å². The van der Waals surface area contributed by atoms with E-state index in [2.05, 4.69) is 20.9 Å². The van der Waals surface area contributed by atoms with Gasteiger partial charge in [-0.2, -0.15) is 0 Å². The Morgan fingerprint density at radius 3 is 3.12 bits per heavy atom. The standard InChI is InChI=1S/C11H10BrNOS2/c12-9-3-1-2-8(6-9)10(14)7-16-11-13-4-5-15-11/h1-3,6H,4-5,7H2. The minimum atomic E-state index is 0.154. The quantitative estimate of drug-likeness (QED) is 0.800. The lowest BCUT2D eigenvalue weighted by Crippen LogP contribution is -2.03. The van der Waals surface area contributed by atoms with Crippen molar-refractivity contribution in [3.63, 3.8) is 0 Å². The molecule has 0 saturated carbocycles. The highest BCUT2D eigenvalue weighted by molar-refractivity contribution is 9.10. The first kappa shape index (κ1) is 12.2. The van der Waals surface area contributed by atoms with Crippen LogP contribution in [-0.2, 0) is 0 Å². The Morgan fingerprint density at radius 2 is 2.44 bits per heavy atom. The largest absolute Gasteiger partial charge is 0.293 e. The summed E-state index contributed by atoms with van der Waals surface area (Å²) in [4.78, 5) is 16.1. The van der Waals surface area contributed by atoms with Crippen LogP contribution in [0.4, 0.5) is 0 Å². The molecule has 0 aliphatic carbocycles. The van der Waals surface area contributed by atoms with Crippen LogP contribution in [0.5, 0.6) is 0 Å². The molecule has 1 aliphatic rings. The van der Waals surface area contributed by atoms with E-state index in [0.717, 1.165) is 26.7 Å². The fourth-order valence-corrected chi connectivity index (χ4v) is 3.58. The van der Waals surface area contributed by atoms with Crippen LogP contribution in [0.3, 0.4) is 0 Å². The number of aliphatic imine (C=N–C) groups is 1. The van der Waals surface area contributed by atoms with Crippen molar-refractivity contribution < 1.29 is 4.79 Å². The zero-order valence-electron chi connectivity index (χ0n) is 8.48. The van der Waals surface area contributed by atoms with Gasteiger partial charge in [0.15, 0.2) is 5.78 Å². The molecule has 0 amide bonds. The molecule has 2 rings (SSSR count). The number of hydrogen-bond donors (Lipinski definition) is 0. The number of hydrogen-bond acceptors (Lipinski definition) is 4. The molecular weight excluding hydrogens is 306 g/mol. The Kier molecular flexibility index (Phi) is 4.49. The maximum absolute atomic E-state index is 11.8. The first-order valence-corrected chi connectivity index (χ1v) is 7.61. The van der Waals surface area contributed by atoms with Gasteiger partial charge < -0.3 is 0 Å². The van der Waals surface area contributed by atoms with Crippen LogP contribution in [0.2, 0.25) is 0 Å². The number of halogens is 1. The summed E-state index contributed by atoms with van der Waals surface area (Å²) in [6.45, 7) is 0.887. The van der Waals surface area contributed by atoms with E-state index in [1.54, 1.807) is 23.5 Å². The Labute approximate surface area is 111 Å². The Morgan fingerprint density at radius 1 is 1.56 bits per heavy atom. The topological polar surface area (TPSA) is 29.4 Å². The van der Waals surface area contributed by atoms with Crippen molar-refractivity contribution in [2.24, 2.45) is 4.99 Å². The molecule has 0 unspecified atom stereocenters. The zero-order chi connectivity index (χ0) is 11.4. The molecule has 0 aromatic heterocycles. The molecule has 84 valence electrons. The molecule has 16 heavy (non-hydrogen) atoms. The maximum atomic E-state index is 11.8. The summed E-state index contributed by atoms with van der Waals surface area (Å²) in [7, 11) is 0. The first-order chi connectivity index (χ1) is 7.75. The van der Waals surface area contributed by atoms with Crippen LogP contribution >= 0.6 is 39.5 Å². The smallest absolute Gasteiger partial charge is 0.173 e. The first-order valence-electron chi connectivity index (χ1n) is 4.84. The molecule has 0 radical (unpaired) electrons. The maximum Gasteiger partial charge on any atom is 0.173 e. The van der Waals surface area contributed by atoms with E-state index < -0.39 is 0 Å². The molecule has 0 saturated heterocycles. The number of carbonyl (C=O) groups is 1. The molecule has 0 atom stereocenters. The second-order valence-corrected chi connectivity index (χ2v) is 6.44. The fourth-order valence-electron chi connectivity index (χ4n) is 1.28. The molecule has 1 aromatic carbocycles. The summed E-state index contributed by atoms with van der Waals surface area (Å²) in [5.41, 5.74) is 0.755. The van der Waals surface area contributed by atoms with E-state index >= 15 is 0 Å². The number of thioether (sulfide) groups is 2. The highest BCUT2D eigenvalue weighted by Crippen LogP contribution is 2.23. The highest BCUT2D eigenvalue weighted by atomic mass is 79.9. The SMILES string of the molecule is O=C(CSC1=NCCS1)c1cccc(Br)c1. The van der Waals surface area contributed by atoms with Crippen molar-refractivity contribution in [3.8, 4) is 0 Å². The Hall–Kier alpha value is -0.260. The van der Waals surface area contributed by atoms with E-state index in [4.69, 9.17) is 0 Å². The number of rotatable bonds is 3. The van der Waals surface area contributed by atoms with Gasteiger partial charge in [0.25, 0.3) is 0 Å². The molecule has 1 heterocycles. The predicted molar refractivity (Wildman–Crippen MR) is 75.7 cm³/mol. The highest BCUT2D eigenvalue weighted by Gasteiger charge is 2.11. The third-order valence-electron chi connectivity index (χ3n) is 2.03. The van der Waals surface area contributed by atoms with Gasteiger partial charge in [0.2, 0.25) is 0 Å². The third kappa shape index (κ3) is 3.37. The van der Waals surface area contributed by atoms with E-state index in [0.29, 0.717) is 5.75 Å². The Bertz CT molecular complexity index is 434. The van der Waals surface area contributed by atoms with Crippen molar-refractivity contribution in [1.29, 1.82) is 0 Å². The predicted octanol–water partition coefficient (Wildman–Crippen LogP) is 3.47. The molecule has 0 spiro atoms. The molecule has 5 heteroatoms. The number of Topliss-reactive ketones (excluding diaryl/α,β-unsaturated/α-hetero) is 1. The van der Waals surface area contributed by atoms with Crippen molar-refractivity contribution in [2.45, 2.75) is 0 Å². The van der Waals surface area contributed by atoms with Gasteiger partial charge in [-0.05, 0) is 12.1 Å². The van der Waals surface area contributed by atoms with Gasteiger partial charge >= 0.3 is 0 Å². The van der Waals surface area contributed by atoms with Crippen molar-refractivity contribution in [1.82, 2.24) is 0 Å². The van der Waals surface area contributed by atoms with Crippen molar-refractivity contribution >= 4 is 49.6 Å². The monoisotopic (exact) mass is 315 g/mol. The van der Waals surface area contributed by atoms with Crippen LogP contribution in [0.15, 0.2) is 33.7 Å². The molecule has 0 fully saturated rings. The van der Waals surface area contributed by atoms with Gasteiger partial charge in [0.1, 0.15) is 4.38 Å². The second-order valence-electron chi connectivity index (χ2n) is 3.22. The summed E-state index contributed by atoms with van der Waals surface area (Å²) >= 11 is 6.64. The van der Waals surface area contributed by atoms with Crippen LogP contribution < -0.4 is 0 Å². The molecule has 0 bridgehead atoms. The molecule has 0 N–H and O–H groups in total. The molecular formula is C11H10BrNOS2. The number of nitrogens with zero attached hydrogens (tertiary/aromatic N) is 1. The van der Waals surface area contributed by atoms with Gasteiger partial charge in [-0.15, -0.1) is 0 Å². The Balaban J connectivity index is 1.92. The number of ketones is 1. The average Bonchev–Trinajstić information content (AvgIpc) is 2.78. The van der Waals surface area contributed by atoms with Crippen molar-refractivity contribution in [3.05, 3.63) is 34.3 Å². The molecule has 1 aliphatic heterocycles. The van der Waals surface area contributed by atoms with E-state index in [1.165, 1.54) is 0 Å². The van der Waals surface area contributed by atoms with Crippen LogP contribution in [0.1, 0.15) is 10.4 Å². The number of carbonyl (C=O) groups excluding carboxylic acids is 1.